The van der Waals surface area contributed by atoms with E-state index in [0.717, 1.165) is 16.5 Å². The van der Waals surface area contributed by atoms with Gasteiger partial charge in [-0.25, -0.2) is 4.99 Å². The normalized spacial score (nSPS) is 11.1. The van der Waals surface area contributed by atoms with Crippen LogP contribution in [0.3, 0.4) is 0 Å². The van der Waals surface area contributed by atoms with Crippen molar-refractivity contribution in [2.75, 3.05) is 0 Å². The quantitative estimate of drug-likeness (QED) is 0.579. The topological polar surface area (TPSA) is 39.4 Å². The Kier molecular flexibility index (Phi) is 3.00. The van der Waals surface area contributed by atoms with Crippen LogP contribution in [0.25, 0.3) is 10.9 Å². The molecule has 2 rings (SSSR count). The maximum absolute atomic E-state index is 5.23. The molecule has 0 bridgehead atoms. The van der Waals surface area contributed by atoms with Crippen molar-refractivity contribution in [3.8, 4) is 0 Å². The minimum absolute atomic E-state index is 0.502. The molecule has 4 heteroatoms. The molecule has 0 saturated heterocycles. The van der Waals surface area contributed by atoms with Crippen LogP contribution in [0.2, 0.25) is 0 Å². The lowest BCUT2D eigenvalue weighted by atomic mass is 10.2. The summed E-state index contributed by atoms with van der Waals surface area (Å²) in [5.74, 6) is 0. The van der Waals surface area contributed by atoms with Gasteiger partial charge in [0.05, 0.1) is 11.7 Å². The Morgan fingerprint density at radius 2 is 2.44 bits per heavy atom. The summed E-state index contributed by atoms with van der Waals surface area (Å²) in [7, 11) is 1.93. The second-order valence-corrected chi connectivity index (χ2v) is 3.41. The maximum atomic E-state index is 5.23. The number of hydrogen-bond donors (Lipinski definition) is 0. The summed E-state index contributed by atoms with van der Waals surface area (Å²) in [5.41, 5.74) is 2.21. The second kappa shape index (κ2) is 4.61. The Morgan fingerprint density at radius 1 is 1.56 bits per heavy atom. The molecule has 1 aromatic carbocycles. The molecule has 0 aliphatic heterocycles. The molecule has 2 aromatic rings. The number of hydrogen-bond acceptors (Lipinski definition) is 3. The molecule has 0 amide bonds. The molecule has 1 aromatic heterocycles. The first-order valence-corrected chi connectivity index (χ1v) is 4.96. The van der Waals surface area contributed by atoms with E-state index >= 15 is 0 Å². The molecule has 0 aliphatic carbocycles. The predicted octanol–water partition coefficient (Wildman–Crippen LogP) is 2.26. The third-order valence-corrected chi connectivity index (χ3v) is 2.30. The highest BCUT2D eigenvalue weighted by atomic mass is 16.5. The van der Waals surface area contributed by atoms with Crippen molar-refractivity contribution in [2.45, 2.75) is 6.61 Å². The first kappa shape index (κ1) is 10.4. The number of aryl methyl sites for hydroxylation is 1. The van der Waals surface area contributed by atoms with Gasteiger partial charge in [-0.05, 0) is 17.7 Å². The van der Waals surface area contributed by atoms with E-state index in [9.17, 15) is 0 Å². The van der Waals surface area contributed by atoms with Crippen LogP contribution in [-0.2, 0) is 18.4 Å². The van der Waals surface area contributed by atoms with Crippen molar-refractivity contribution in [3.63, 3.8) is 0 Å². The van der Waals surface area contributed by atoms with E-state index in [1.165, 1.54) is 12.6 Å². The van der Waals surface area contributed by atoms with E-state index in [-0.39, 0.29) is 0 Å². The third-order valence-electron chi connectivity index (χ3n) is 2.30. The molecule has 82 valence electrons. The summed E-state index contributed by atoms with van der Waals surface area (Å²) in [6.45, 7) is 3.96. The van der Waals surface area contributed by atoms with Crippen LogP contribution in [0.5, 0.6) is 0 Å². The van der Waals surface area contributed by atoms with Crippen LogP contribution >= 0.6 is 0 Å². The highest BCUT2D eigenvalue weighted by Crippen LogP contribution is 2.15. The summed E-state index contributed by atoms with van der Waals surface area (Å²) in [5, 5.41) is 5.30. The number of fused-ring (bicyclic) bond motifs is 1. The molecule has 0 unspecified atom stereocenters. The second-order valence-electron chi connectivity index (χ2n) is 3.41. The predicted molar refractivity (Wildman–Crippen MR) is 64.2 cm³/mol. The van der Waals surface area contributed by atoms with Crippen molar-refractivity contribution < 1.29 is 4.74 Å². The van der Waals surface area contributed by atoms with Crippen LogP contribution in [-0.4, -0.2) is 16.2 Å². The van der Waals surface area contributed by atoms with Gasteiger partial charge in [0.2, 0.25) is 0 Å². The van der Waals surface area contributed by atoms with Gasteiger partial charge in [0, 0.05) is 18.6 Å². The maximum Gasteiger partial charge on any atom is 0.174 e. The first-order chi connectivity index (χ1) is 7.81. The lowest BCUT2D eigenvalue weighted by Crippen LogP contribution is -1.91. The zero-order valence-electron chi connectivity index (χ0n) is 9.13. The van der Waals surface area contributed by atoms with Crippen molar-refractivity contribution >= 4 is 17.3 Å². The van der Waals surface area contributed by atoms with Gasteiger partial charge in [-0.15, -0.1) is 0 Å². The fourth-order valence-electron chi connectivity index (χ4n) is 1.52. The lowest BCUT2D eigenvalue weighted by Gasteiger charge is -2.01. The smallest absolute Gasteiger partial charge is 0.174 e. The number of aliphatic imine (C=N–C) groups is 1. The fraction of sp³-hybridized carbons (Fsp3) is 0.167. The Morgan fingerprint density at radius 3 is 3.25 bits per heavy atom. The standard InChI is InChI=1S/C12H13N3O/c1-3-13-9-16-8-10-4-5-12-11(6-10)7-14-15(12)2/h3-7,9H,1,8H2,2H3. The van der Waals surface area contributed by atoms with Crippen molar-refractivity contribution in [1.29, 1.82) is 0 Å². The zero-order valence-corrected chi connectivity index (χ0v) is 9.13. The van der Waals surface area contributed by atoms with Crippen molar-refractivity contribution in [3.05, 3.63) is 42.7 Å². The molecule has 0 atom stereocenters. The molecule has 0 spiro atoms. The van der Waals surface area contributed by atoms with Crippen LogP contribution in [0.15, 0.2) is 42.2 Å². The van der Waals surface area contributed by atoms with E-state index in [0.29, 0.717) is 6.61 Å². The average molecular weight is 215 g/mol. The van der Waals surface area contributed by atoms with E-state index in [1.54, 1.807) is 0 Å². The van der Waals surface area contributed by atoms with Gasteiger partial charge in [-0.1, -0.05) is 12.6 Å². The molecule has 0 N–H and O–H groups in total. The molecular formula is C12H13N3O. The largest absolute Gasteiger partial charge is 0.478 e. The average Bonchev–Trinajstić information content (AvgIpc) is 2.66. The van der Waals surface area contributed by atoms with Crippen LogP contribution in [0, 0.1) is 0 Å². The third kappa shape index (κ3) is 2.11. The molecule has 0 fully saturated rings. The lowest BCUT2D eigenvalue weighted by molar-refractivity contribution is 0.308. The zero-order chi connectivity index (χ0) is 11.4. The number of rotatable bonds is 4. The summed E-state index contributed by atoms with van der Waals surface area (Å²) in [6, 6.07) is 6.11. The molecule has 4 nitrogen and oxygen atoms in total. The number of nitrogens with zero attached hydrogens (tertiary/aromatic N) is 3. The van der Waals surface area contributed by atoms with E-state index in [2.05, 4.69) is 22.7 Å². The highest BCUT2D eigenvalue weighted by Gasteiger charge is 2.00. The molecule has 0 aliphatic rings. The van der Waals surface area contributed by atoms with Crippen LogP contribution in [0.1, 0.15) is 5.56 Å². The Bertz CT molecular complexity index is 528. The minimum Gasteiger partial charge on any atom is -0.478 e. The van der Waals surface area contributed by atoms with Crippen LogP contribution in [0.4, 0.5) is 0 Å². The van der Waals surface area contributed by atoms with Gasteiger partial charge in [0.25, 0.3) is 0 Å². The van der Waals surface area contributed by atoms with Crippen molar-refractivity contribution in [2.24, 2.45) is 12.0 Å². The van der Waals surface area contributed by atoms with Crippen molar-refractivity contribution in [1.82, 2.24) is 9.78 Å². The van der Waals surface area contributed by atoms with Gasteiger partial charge >= 0.3 is 0 Å². The number of benzene rings is 1. The van der Waals surface area contributed by atoms with Crippen LogP contribution < -0.4 is 0 Å². The molecular weight excluding hydrogens is 202 g/mol. The molecule has 0 radical (unpaired) electrons. The highest BCUT2D eigenvalue weighted by molar-refractivity contribution is 5.79. The monoisotopic (exact) mass is 215 g/mol. The van der Waals surface area contributed by atoms with Gasteiger partial charge in [0.15, 0.2) is 6.40 Å². The fourth-order valence-corrected chi connectivity index (χ4v) is 1.52. The van der Waals surface area contributed by atoms with E-state index in [1.807, 2.05) is 30.1 Å². The SMILES string of the molecule is C=CN=COCc1ccc2c(cnn2C)c1. The van der Waals surface area contributed by atoms with Gasteiger partial charge in [-0.2, -0.15) is 5.10 Å². The van der Waals surface area contributed by atoms with Gasteiger partial charge in [0.1, 0.15) is 6.61 Å². The summed E-state index contributed by atoms with van der Waals surface area (Å²) < 4.78 is 7.07. The number of ether oxygens (including phenoxy) is 1. The summed E-state index contributed by atoms with van der Waals surface area (Å²) >= 11 is 0. The Labute approximate surface area is 93.9 Å². The Balaban J connectivity index is 2.13. The van der Waals surface area contributed by atoms with Gasteiger partial charge in [-0.3, -0.25) is 4.68 Å². The number of aromatic nitrogens is 2. The van der Waals surface area contributed by atoms with E-state index < -0.39 is 0 Å². The van der Waals surface area contributed by atoms with E-state index in [4.69, 9.17) is 4.74 Å². The summed E-state index contributed by atoms with van der Waals surface area (Å²) in [6.07, 6.45) is 4.67. The van der Waals surface area contributed by atoms with Gasteiger partial charge < -0.3 is 4.74 Å². The molecule has 1 heterocycles. The molecule has 0 saturated carbocycles. The Hall–Kier alpha value is -2.10. The first-order valence-electron chi connectivity index (χ1n) is 4.96. The summed E-state index contributed by atoms with van der Waals surface area (Å²) in [4.78, 5) is 3.75. The minimum atomic E-state index is 0.502. The molecule has 16 heavy (non-hydrogen) atoms.